The number of aromatic nitrogens is 1. The standard InChI is InChI=1S/C23H28FNO6/c1-15-20(25-21(31-15)17-7-9-18(24)10-8-17)13-28-19-6-4-5-16(11-19)12-30-23(2,3)22(27)29-14-26/h7-10,14,16,19H,4-6,11-13H2,1-3H3. The number of esters is 1. The van der Waals surface area contributed by atoms with Crippen molar-refractivity contribution in [3.63, 3.8) is 0 Å². The third-order valence-corrected chi connectivity index (χ3v) is 5.50. The fourth-order valence-corrected chi connectivity index (χ4v) is 3.59. The summed E-state index contributed by atoms with van der Waals surface area (Å²) in [6.07, 6.45) is 3.78. The molecule has 8 heteroatoms. The van der Waals surface area contributed by atoms with Crippen molar-refractivity contribution < 1.29 is 32.6 Å². The number of rotatable bonds is 9. The lowest BCUT2D eigenvalue weighted by Gasteiger charge is -2.31. The molecule has 1 fully saturated rings. The first-order valence-corrected chi connectivity index (χ1v) is 10.4. The molecule has 1 heterocycles. The number of nitrogens with zero attached hydrogens (tertiary/aromatic N) is 1. The Morgan fingerprint density at radius 3 is 2.74 bits per heavy atom. The SMILES string of the molecule is Cc1oc(-c2ccc(F)cc2)nc1COC1CCCC(COC(C)(C)C(=O)OC=O)C1. The van der Waals surface area contributed by atoms with Crippen LogP contribution in [-0.2, 0) is 30.4 Å². The molecule has 2 aromatic rings. The van der Waals surface area contributed by atoms with Crippen molar-refractivity contribution in [2.24, 2.45) is 5.92 Å². The van der Waals surface area contributed by atoms with Crippen LogP contribution in [0.1, 0.15) is 51.0 Å². The second kappa shape index (κ2) is 10.2. The van der Waals surface area contributed by atoms with Gasteiger partial charge in [-0.25, -0.2) is 14.2 Å². The van der Waals surface area contributed by atoms with Crippen molar-refractivity contribution in [1.82, 2.24) is 4.98 Å². The van der Waals surface area contributed by atoms with Gasteiger partial charge < -0.3 is 18.6 Å². The number of ether oxygens (including phenoxy) is 3. The van der Waals surface area contributed by atoms with Gasteiger partial charge in [-0.2, -0.15) is 0 Å². The molecular weight excluding hydrogens is 405 g/mol. The van der Waals surface area contributed by atoms with E-state index in [9.17, 15) is 14.0 Å². The van der Waals surface area contributed by atoms with Crippen molar-refractivity contribution in [3.05, 3.63) is 41.5 Å². The van der Waals surface area contributed by atoms with Gasteiger partial charge in [0.25, 0.3) is 0 Å². The summed E-state index contributed by atoms with van der Waals surface area (Å²) in [6.45, 7) is 5.83. The predicted molar refractivity (Wildman–Crippen MR) is 109 cm³/mol. The molecule has 0 bridgehead atoms. The van der Waals surface area contributed by atoms with Crippen LogP contribution in [0.25, 0.3) is 11.5 Å². The van der Waals surface area contributed by atoms with Crippen LogP contribution in [0.15, 0.2) is 28.7 Å². The van der Waals surface area contributed by atoms with Crippen LogP contribution in [0.2, 0.25) is 0 Å². The second-order valence-electron chi connectivity index (χ2n) is 8.32. The minimum absolute atomic E-state index is 0.0535. The van der Waals surface area contributed by atoms with Crippen molar-refractivity contribution in [2.75, 3.05) is 6.61 Å². The Kier molecular flexibility index (Phi) is 7.56. The van der Waals surface area contributed by atoms with Gasteiger partial charge in [0, 0.05) is 5.56 Å². The zero-order valence-electron chi connectivity index (χ0n) is 18.1. The Bertz CT molecular complexity index is 892. The molecule has 0 N–H and O–H groups in total. The normalized spacial score (nSPS) is 19.2. The van der Waals surface area contributed by atoms with E-state index in [2.05, 4.69) is 9.72 Å². The molecule has 1 saturated carbocycles. The molecular formula is C23H28FNO6. The van der Waals surface area contributed by atoms with Gasteiger partial charge in [0.2, 0.25) is 5.89 Å². The van der Waals surface area contributed by atoms with E-state index in [1.807, 2.05) is 6.92 Å². The zero-order chi connectivity index (χ0) is 22.4. The van der Waals surface area contributed by atoms with Crippen LogP contribution in [0.3, 0.4) is 0 Å². The van der Waals surface area contributed by atoms with Gasteiger partial charge in [0.15, 0.2) is 5.60 Å². The fraction of sp³-hybridized carbons (Fsp3) is 0.522. The van der Waals surface area contributed by atoms with E-state index in [0.717, 1.165) is 31.4 Å². The number of oxazole rings is 1. The summed E-state index contributed by atoms with van der Waals surface area (Å²) in [4.78, 5) is 26.7. The van der Waals surface area contributed by atoms with E-state index in [-0.39, 0.29) is 24.3 Å². The molecule has 31 heavy (non-hydrogen) atoms. The maximum atomic E-state index is 13.1. The van der Waals surface area contributed by atoms with E-state index in [4.69, 9.17) is 13.9 Å². The van der Waals surface area contributed by atoms with Crippen molar-refractivity contribution in [1.29, 1.82) is 0 Å². The first-order chi connectivity index (χ1) is 14.8. The summed E-state index contributed by atoms with van der Waals surface area (Å²) in [6, 6.07) is 6.00. The highest BCUT2D eigenvalue weighted by Crippen LogP contribution is 2.29. The van der Waals surface area contributed by atoms with E-state index in [1.54, 1.807) is 26.0 Å². The molecule has 0 aliphatic heterocycles. The zero-order valence-corrected chi connectivity index (χ0v) is 18.1. The summed E-state index contributed by atoms with van der Waals surface area (Å²) in [7, 11) is 0. The summed E-state index contributed by atoms with van der Waals surface area (Å²) in [5, 5.41) is 0. The molecule has 1 aromatic carbocycles. The summed E-state index contributed by atoms with van der Waals surface area (Å²) < 4.78 is 35.1. The lowest BCUT2D eigenvalue weighted by Crippen LogP contribution is -2.39. The highest BCUT2D eigenvalue weighted by atomic mass is 19.1. The molecule has 1 aliphatic rings. The Morgan fingerprint density at radius 2 is 2.03 bits per heavy atom. The fourth-order valence-electron chi connectivity index (χ4n) is 3.59. The van der Waals surface area contributed by atoms with Gasteiger partial charge in [0.1, 0.15) is 17.3 Å². The second-order valence-corrected chi connectivity index (χ2v) is 8.32. The Morgan fingerprint density at radius 1 is 1.29 bits per heavy atom. The van der Waals surface area contributed by atoms with Crippen molar-refractivity contribution in [2.45, 2.75) is 64.8 Å². The Hall–Kier alpha value is -2.58. The number of hydrogen-bond acceptors (Lipinski definition) is 7. The largest absolute Gasteiger partial charge is 0.441 e. The molecule has 3 rings (SSSR count). The molecule has 0 radical (unpaired) electrons. The van der Waals surface area contributed by atoms with Crippen LogP contribution in [0, 0.1) is 18.7 Å². The van der Waals surface area contributed by atoms with Gasteiger partial charge in [-0.1, -0.05) is 6.42 Å². The van der Waals surface area contributed by atoms with Gasteiger partial charge in [-0.05, 0) is 70.2 Å². The van der Waals surface area contributed by atoms with E-state index in [1.165, 1.54) is 12.1 Å². The third-order valence-electron chi connectivity index (χ3n) is 5.50. The minimum atomic E-state index is -1.18. The van der Waals surface area contributed by atoms with Gasteiger partial charge in [-0.15, -0.1) is 0 Å². The summed E-state index contributed by atoms with van der Waals surface area (Å²) in [5.41, 5.74) is 0.250. The van der Waals surface area contributed by atoms with E-state index in [0.29, 0.717) is 30.4 Å². The third kappa shape index (κ3) is 6.21. The Balaban J connectivity index is 1.51. The lowest BCUT2D eigenvalue weighted by atomic mass is 9.87. The number of benzene rings is 1. The molecule has 0 saturated heterocycles. The molecule has 0 spiro atoms. The highest BCUT2D eigenvalue weighted by Gasteiger charge is 2.33. The van der Waals surface area contributed by atoms with Crippen LogP contribution < -0.4 is 0 Å². The van der Waals surface area contributed by atoms with E-state index < -0.39 is 11.6 Å². The number of halogens is 1. The molecule has 1 aliphatic carbocycles. The predicted octanol–water partition coefficient (Wildman–Crippen LogP) is 4.36. The van der Waals surface area contributed by atoms with Gasteiger partial charge >= 0.3 is 12.4 Å². The Labute approximate surface area is 180 Å². The molecule has 7 nitrogen and oxygen atoms in total. The van der Waals surface area contributed by atoms with Crippen LogP contribution >= 0.6 is 0 Å². The first kappa shape index (κ1) is 23.1. The average Bonchev–Trinajstić information content (AvgIpc) is 3.12. The molecule has 2 unspecified atom stereocenters. The van der Waals surface area contributed by atoms with Crippen LogP contribution in [0.4, 0.5) is 4.39 Å². The van der Waals surface area contributed by atoms with E-state index >= 15 is 0 Å². The summed E-state index contributed by atoms with van der Waals surface area (Å²) in [5.74, 6) is 0.344. The molecule has 2 atom stereocenters. The van der Waals surface area contributed by atoms with Gasteiger partial charge in [-0.3, -0.25) is 4.79 Å². The van der Waals surface area contributed by atoms with Crippen LogP contribution in [-0.4, -0.2) is 35.7 Å². The topological polar surface area (TPSA) is 87.9 Å². The highest BCUT2D eigenvalue weighted by molar-refractivity contribution is 5.83. The lowest BCUT2D eigenvalue weighted by molar-refractivity contribution is -0.172. The smallest absolute Gasteiger partial charge is 0.345 e. The van der Waals surface area contributed by atoms with Crippen LogP contribution in [0.5, 0.6) is 0 Å². The number of hydrogen-bond donors (Lipinski definition) is 0. The summed E-state index contributed by atoms with van der Waals surface area (Å²) >= 11 is 0. The minimum Gasteiger partial charge on any atom is -0.441 e. The quantitative estimate of drug-likeness (QED) is 0.330. The number of carbonyl (C=O) groups is 2. The monoisotopic (exact) mass is 433 g/mol. The number of carbonyl (C=O) groups excluding carboxylic acids is 2. The molecule has 1 aromatic heterocycles. The molecule has 168 valence electrons. The van der Waals surface area contributed by atoms with Crippen molar-refractivity contribution >= 4 is 12.4 Å². The first-order valence-electron chi connectivity index (χ1n) is 10.4. The molecule has 0 amide bonds. The van der Waals surface area contributed by atoms with Gasteiger partial charge in [0.05, 0.1) is 19.3 Å². The van der Waals surface area contributed by atoms with Crippen molar-refractivity contribution in [3.8, 4) is 11.5 Å². The number of aryl methyl sites for hydroxylation is 1. The average molecular weight is 433 g/mol. The maximum Gasteiger partial charge on any atom is 0.345 e. The maximum absolute atomic E-state index is 13.1.